The van der Waals surface area contributed by atoms with Gasteiger partial charge in [0.15, 0.2) is 0 Å². The Labute approximate surface area is 257 Å². The van der Waals surface area contributed by atoms with Gasteiger partial charge in [-0.2, -0.15) is 0 Å². The van der Waals surface area contributed by atoms with E-state index in [9.17, 15) is 19.5 Å². The summed E-state index contributed by atoms with van der Waals surface area (Å²) in [5.74, 6) is -1.38. The van der Waals surface area contributed by atoms with E-state index in [2.05, 4.69) is 29.1 Å². The number of halogens is 1. The van der Waals surface area contributed by atoms with Crippen LogP contribution in [0.5, 0.6) is 0 Å². The highest BCUT2D eigenvalue weighted by Gasteiger charge is 2.76. The molecular formula is C32H44BrN3O4S. The Balaban J connectivity index is 1.75. The van der Waals surface area contributed by atoms with Gasteiger partial charge in [0.25, 0.3) is 0 Å². The lowest BCUT2D eigenvalue weighted by atomic mass is 9.70. The molecule has 3 amide bonds. The van der Waals surface area contributed by atoms with Gasteiger partial charge in [-0.25, -0.2) is 0 Å². The highest BCUT2D eigenvalue weighted by Crippen LogP contribution is 2.68. The molecule has 2 bridgehead atoms. The molecule has 0 radical (unpaired) electrons. The second kappa shape index (κ2) is 13.0. The first-order chi connectivity index (χ1) is 19.5. The number of rotatable bonds is 13. The van der Waals surface area contributed by atoms with Crippen molar-refractivity contribution in [3.8, 4) is 0 Å². The van der Waals surface area contributed by atoms with Crippen LogP contribution in [0.25, 0.3) is 0 Å². The van der Waals surface area contributed by atoms with Gasteiger partial charge in [-0.3, -0.25) is 14.4 Å². The highest BCUT2D eigenvalue weighted by atomic mass is 79.9. The zero-order chi connectivity index (χ0) is 29.9. The number of alkyl halides is 1. The maximum absolute atomic E-state index is 14.6. The Hall–Kier alpha value is -2.10. The van der Waals surface area contributed by atoms with Crippen LogP contribution >= 0.6 is 27.7 Å². The number of aliphatic hydroxyl groups is 1. The number of carbonyl (C=O) groups is 3. The van der Waals surface area contributed by atoms with Crippen LogP contribution in [0.3, 0.4) is 0 Å². The SMILES string of the molecule is C=CCN(C(=O)[C@H]1[C@H]2C(=O)N(CCCCCCO)C(C(=O)N(CC=C)C(C)(C)C)C23CC(Br)[C@@H]1S3)c1ccccc1. The molecule has 3 fully saturated rings. The lowest BCUT2D eigenvalue weighted by Gasteiger charge is -2.42. The minimum atomic E-state index is -0.695. The van der Waals surface area contributed by atoms with Crippen LogP contribution in [0.15, 0.2) is 55.6 Å². The molecule has 1 spiro atoms. The van der Waals surface area contributed by atoms with Crippen LogP contribution in [-0.4, -0.2) is 85.3 Å². The molecule has 3 saturated heterocycles. The molecule has 0 aromatic heterocycles. The summed E-state index contributed by atoms with van der Waals surface area (Å²) in [6.45, 7) is 15.1. The molecule has 7 nitrogen and oxygen atoms in total. The highest BCUT2D eigenvalue weighted by molar-refractivity contribution is 9.09. The third-order valence-electron chi connectivity index (χ3n) is 8.65. The van der Waals surface area contributed by atoms with Gasteiger partial charge in [-0.15, -0.1) is 24.9 Å². The average Bonchev–Trinajstić information content (AvgIpc) is 3.52. The molecule has 1 N–H and O–H groups in total. The number of benzene rings is 1. The fraction of sp³-hybridized carbons (Fsp3) is 0.594. The van der Waals surface area contributed by atoms with Gasteiger partial charge < -0.3 is 19.8 Å². The van der Waals surface area contributed by atoms with E-state index in [0.29, 0.717) is 26.1 Å². The maximum atomic E-state index is 14.6. The van der Waals surface area contributed by atoms with E-state index >= 15 is 0 Å². The average molecular weight is 647 g/mol. The summed E-state index contributed by atoms with van der Waals surface area (Å²) in [5.41, 5.74) is 0.308. The Kier molecular flexibility index (Phi) is 10.1. The number of hydrogen-bond donors (Lipinski definition) is 1. The second-order valence-corrected chi connectivity index (χ2v) is 15.0. The summed E-state index contributed by atoms with van der Waals surface area (Å²) < 4.78 is -0.695. The Bertz CT molecular complexity index is 1140. The largest absolute Gasteiger partial charge is 0.396 e. The number of amides is 3. The van der Waals surface area contributed by atoms with Gasteiger partial charge in [0, 0.05) is 47.5 Å². The molecule has 3 heterocycles. The van der Waals surface area contributed by atoms with Crippen molar-refractivity contribution in [2.24, 2.45) is 11.8 Å². The summed E-state index contributed by atoms with van der Waals surface area (Å²) in [5, 5.41) is 9.09. The van der Waals surface area contributed by atoms with Crippen molar-refractivity contribution >= 4 is 51.1 Å². The fourth-order valence-corrected chi connectivity index (χ4v) is 10.5. The van der Waals surface area contributed by atoms with Crippen molar-refractivity contribution in [1.29, 1.82) is 0 Å². The van der Waals surface area contributed by atoms with E-state index in [1.165, 1.54) is 0 Å². The molecule has 0 aliphatic carbocycles. The van der Waals surface area contributed by atoms with Crippen molar-refractivity contribution in [3.63, 3.8) is 0 Å². The summed E-state index contributed by atoms with van der Waals surface area (Å²) >= 11 is 5.55. The minimum absolute atomic E-state index is 0.00847. The van der Waals surface area contributed by atoms with E-state index in [1.54, 1.807) is 33.7 Å². The molecule has 3 unspecified atom stereocenters. The number of likely N-dealkylation sites (tertiary alicyclic amines) is 1. The number of aliphatic hydroxyl groups excluding tert-OH is 1. The molecule has 3 aliphatic rings. The van der Waals surface area contributed by atoms with Crippen molar-refractivity contribution in [2.45, 2.75) is 79.3 Å². The lowest BCUT2D eigenvalue weighted by molar-refractivity contribution is -0.145. The Morgan fingerprint density at radius 2 is 1.76 bits per heavy atom. The van der Waals surface area contributed by atoms with Crippen LogP contribution in [0.2, 0.25) is 0 Å². The molecule has 41 heavy (non-hydrogen) atoms. The minimum Gasteiger partial charge on any atom is -0.396 e. The lowest BCUT2D eigenvalue weighted by Crippen LogP contribution is -2.59. The van der Waals surface area contributed by atoms with Gasteiger partial charge in [-0.05, 0) is 52.2 Å². The van der Waals surface area contributed by atoms with E-state index in [4.69, 9.17) is 0 Å². The Morgan fingerprint density at radius 3 is 2.37 bits per heavy atom. The van der Waals surface area contributed by atoms with Gasteiger partial charge in [-0.1, -0.05) is 59.1 Å². The van der Waals surface area contributed by atoms with Gasteiger partial charge in [0.1, 0.15) is 6.04 Å². The van der Waals surface area contributed by atoms with Crippen LogP contribution < -0.4 is 4.90 Å². The molecule has 3 aliphatic heterocycles. The number of thioether (sulfide) groups is 1. The van der Waals surface area contributed by atoms with Crippen LogP contribution in [-0.2, 0) is 14.4 Å². The summed E-state index contributed by atoms with van der Waals surface area (Å²) in [4.78, 5) is 48.8. The topological polar surface area (TPSA) is 81.2 Å². The van der Waals surface area contributed by atoms with Crippen LogP contribution in [0, 0.1) is 11.8 Å². The van der Waals surface area contributed by atoms with E-state index in [0.717, 1.165) is 31.4 Å². The molecule has 1 aromatic rings. The van der Waals surface area contributed by atoms with Crippen molar-refractivity contribution < 1.29 is 19.5 Å². The first-order valence-electron chi connectivity index (χ1n) is 14.7. The summed E-state index contributed by atoms with van der Waals surface area (Å²) in [6, 6.07) is 8.86. The second-order valence-electron chi connectivity index (χ2n) is 12.3. The molecule has 4 rings (SSSR count). The maximum Gasteiger partial charge on any atom is 0.247 e. The number of para-hydroxylation sites is 1. The third kappa shape index (κ3) is 5.91. The molecule has 224 valence electrons. The van der Waals surface area contributed by atoms with Gasteiger partial charge in [0.05, 0.1) is 16.6 Å². The summed E-state index contributed by atoms with van der Waals surface area (Å²) in [7, 11) is 0. The smallest absolute Gasteiger partial charge is 0.247 e. The first-order valence-corrected chi connectivity index (χ1v) is 16.5. The monoisotopic (exact) mass is 645 g/mol. The molecular weight excluding hydrogens is 602 g/mol. The molecule has 9 heteroatoms. The van der Waals surface area contributed by atoms with Gasteiger partial charge in [0.2, 0.25) is 17.7 Å². The zero-order valence-electron chi connectivity index (χ0n) is 24.5. The quantitative estimate of drug-likeness (QED) is 0.185. The zero-order valence-corrected chi connectivity index (χ0v) is 26.9. The van der Waals surface area contributed by atoms with Gasteiger partial charge >= 0.3 is 0 Å². The predicted octanol–water partition coefficient (Wildman–Crippen LogP) is 5.04. The number of fused-ring (bicyclic) bond motifs is 1. The number of nitrogens with zero attached hydrogens (tertiary/aromatic N) is 3. The van der Waals surface area contributed by atoms with E-state index in [1.807, 2.05) is 56.0 Å². The van der Waals surface area contributed by atoms with Crippen LogP contribution in [0.1, 0.15) is 52.9 Å². The van der Waals surface area contributed by atoms with Crippen LogP contribution in [0.4, 0.5) is 5.69 Å². The predicted molar refractivity (Wildman–Crippen MR) is 170 cm³/mol. The molecule has 1 aromatic carbocycles. The normalized spacial score (nSPS) is 28.5. The Morgan fingerprint density at radius 1 is 1.10 bits per heavy atom. The molecule has 0 saturated carbocycles. The number of unbranched alkanes of at least 4 members (excludes halogenated alkanes) is 3. The number of anilines is 1. The van der Waals surface area contributed by atoms with Crippen molar-refractivity contribution in [1.82, 2.24) is 9.80 Å². The van der Waals surface area contributed by atoms with E-state index < -0.39 is 28.2 Å². The number of carbonyl (C=O) groups excluding carboxylic acids is 3. The molecule has 6 atom stereocenters. The standard InChI is InChI=1S/C32H44BrN3O4S/c1-6-17-34(22-15-11-10-12-16-22)28(38)24-25-29(39)35(19-13-8-9-14-20-37)27(32(25)21-23(33)26(24)41-32)30(40)36(18-7-2)31(3,4)5/h6-7,10-12,15-16,23-27,37H,1-2,8-9,13-14,17-21H2,3-5H3/t23?,24-,25-,26-,27?,32?/m0/s1. The van der Waals surface area contributed by atoms with Crippen molar-refractivity contribution in [2.75, 3.05) is 31.1 Å². The third-order valence-corrected chi connectivity index (χ3v) is 11.9. The van der Waals surface area contributed by atoms with E-state index in [-0.39, 0.29) is 34.4 Å². The number of hydrogen-bond acceptors (Lipinski definition) is 5. The van der Waals surface area contributed by atoms with Crippen molar-refractivity contribution in [3.05, 3.63) is 55.6 Å². The first kappa shape index (κ1) is 31.8. The fourth-order valence-electron chi connectivity index (χ4n) is 6.89. The summed E-state index contributed by atoms with van der Waals surface area (Å²) in [6.07, 6.45) is 7.29.